The molecule has 64 valence electrons. The van der Waals surface area contributed by atoms with Crippen LogP contribution in [-0.4, -0.2) is 11.1 Å². The van der Waals surface area contributed by atoms with Gasteiger partial charge >= 0.3 is 0 Å². The van der Waals surface area contributed by atoms with E-state index in [0.717, 1.165) is 5.56 Å². The quantitative estimate of drug-likeness (QED) is 0.725. The van der Waals surface area contributed by atoms with Crippen LogP contribution in [0.25, 0.3) is 0 Å². The number of carbonyl (C=O) groups excluding carboxylic acids is 1. The van der Waals surface area contributed by atoms with Crippen molar-refractivity contribution >= 4 is 21.7 Å². The summed E-state index contributed by atoms with van der Waals surface area (Å²) in [6.45, 7) is 1.62. The molecule has 0 amide bonds. The molecule has 12 heavy (non-hydrogen) atoms. The van der Waals surface area contributed by atoms with Crippen molar-refractivity contribution < 1.29 is 4.79 Å². The minimum atomic E-state index is 0.00574. The van der Waals surface area contributed by atoms with E-state index in [1.165, 1.54) is 0 Å². The van der Waals surface area contributed by atoms with Gasteiger partial charge in [0.05, 0.1) is 5.92 Å². The molecule has 0 N–H and O–H groups in total. The first-order valence-corrected chi connectivity index (χ1v) is 4.99. The molecule has 1 aromatic rings. The number of benzene rings is 1. The molecule has 2 heteroatoms. The lowest BCUT2D eigenvalue weighted by Crippen LogP contribution is -2.09. The summed E-state index contributed by atoms with van der Waals surface area (Å²) in [6, 6.07) is 9.82. The lowest BCUT2D eigenvalue weighted by atomic mass is 9.98. The largest absolute Gasteiger partial charge is 0.299 e. The van der Waals surface area contributed by atoms with Crippen molar-refractivity contribution in [3.05, 3.63) is 35.9 Å². The Hall–Kier alpha value is -0.630. The summed E-state index contributed by atoms with van der Waals surface area (Å²) >= 11 is 3.33. The lowest BCUT2D eigenvalue weighted by Gasteiger charge is -2.09. The summed E-state index contributed by atoms with van der Waals surface area (Å²) in [5.41, 5.74) is 1.09. The fourth-order valence-corrected chi connectivity index (χ4v) is 1.95. The summed E-state index contributed by atoms with van der Waals surface area (Å²) < 4.78 is 0. The van der Waals surface area contributed by atoms with Gasteiger partial charge in [0.15, 0.2) is 0 Å². The van der Waals surface area contributed by atoms with Gasteiger partial charge in [0.25, 0.3) is 0 Å². The number of halogens is 1. The third-order valence-electron chi connectivity index (χ3n) is 1.85. The minimum Gasteiger partial charge on any atom is -0.299 e. The van der Waals surface area contributed by atoms with Crippen LogP contribution in [0.2, 0.25) is 0 Å². The van der Waals surface area contributed by atoms with E-state index < -0.39 is 0 Å². The van der Waals surface area contributed by atoms with Gasteiger partial charge in [-0.25, -0.2) is 0 Å². The summed E-state index contributed by atoms with van der Waals surface area (Å²) in [5, 5.41) is 0.701. The Morgan fingerprint density at radius 3 is 2.42 bits per heavy atom. The minimum absolute atomic E-state index is 0.00574. The number of hydrogen-bond acceptors (Lipinski definition) is 1. The first-order chi connectivity index (χ1) is 5.75. The van der Waals surface area contributed by atoms with Crippen LogP contribution in [0.15, 0.2) is 30.3 Å². The molecule has 1 nitrogen and oxygen atoms in total. The van der Waals surface area contributed by atoms with Crippen LogP contribution < -0.4 is 0 Å². The van der Waals surface area contributed by atoms with Crippen LogP contribution in [0.3, 0.4) is 0 Å². The normalized spacial score (nSPS) is 12.5. The molecule has 1 unspecified atom stereocenters. The van der Waals surface area contributed by atoms with E-state index in [4.69, 9.17) is 0 Å². The van der Waals surface area contributed by atoms with Gasteiger partial charge in [-0.2, -0.15) is 0 Å². The van der Waals surface area contributed by atoms with Gasteiger partial charge in [-0.3, -0.25) is 4.79 Å². The van der Waals surface area contributed by atoms with Crippen LogP contribution >= 0.6 is 15.9 Å². The van der Waals surface area contributed by atoms with E-state index in [-0.39, 0.29) is 11.7 Å². The maximum atomic E-state index is 11.1. The topological polar surface area (TPSA) is 17.1 Å². The standard InChI is InChI=1S/C10H11BrO/c1-8(12)10(7-11)9-5-3-2-4-6-9/h2-6,10H,7H2,1H3. The van der Waals surface area contributed by atoms with Gasteiger partial charge in [-0.1, -0.05) is 46.3 Å². The molecule has 0 aliphatic rings. The molecule has 0 aliphatic carbocycles. The number of hydrogen-bond donors (Lipinski definition) is 0. The van der Waals surface area contributed by atoms with Gasteiger partial charge in [0.2, 0.25) is 0 Å². The highest BCUT2D eigenvalue weighted by Crippen LogP contribution is 2.18. The van der Waals surface area contributed by atoms with E-state index in [2.05, 4.69) is 15.9 Å². The zero-order valence-electron chi connectivity index (χ0n) is 6.96. The fourth-order valence-electron chi connectivity index (χ4n) is 1.12. The van der Waals surface area contributed by atoms with Gasteiger partial charge in [-0.05, 0) is 12.5 Å². The third kappa shape index (κ3) is 2.18. The second-order valence-corrected chi connectivity index (χ2v) is 3.38. The molecule has 0 radical (unpaired) electrons. The Morgan fingerprint density at radius 1 is 1.42 bits per heavy atom. The van der Waals surface area contributed by atoms with Crippen LogP contribution in [0.4, 0.5) is 0 Å². The smallest absolute Gasteiger partial charge is 0.138 e. The van der Waals surface area contributed by atoms with Gasteiger partial charge in [-0.15, -0.1) is 0 Å². The van der Waals surface area contributed by atoms with Crippen molar-refractivity contribution in [2.24, 2.45) is 0 Å². The zero-order chi connectivity index (χ0) is 8.97. The highest BCUT2D eigenvalue weighted by molar-refractivity contribution is 9.09. The van der Waals surface area contributed by atoms with Crippen LogP contribution in [-0.2, 0) is 4.79 Å². The van der Waals surface area contributed by atoms with Crippen molar-refractivity contribution in [2.45, 2.75) is 12.8 Å². The fraction of sp³-hybridized carbons (Fsp3) is 0.300. The highest BCUT2D eigenvalue weighted by atomic mass is 79.9. The van der Waals surface area contributed by atoms with Crippen molar-refractivity contribution in [3.8, 4) is 0 Å². The molecule has 0 spiro atoms. The molecule has 0 aromatic heterocycles. The van der Waals surface area contributed by atoms with Crippen LogP contribution in [0.5, 0.6) is 0 Å². The molecule has 0 saturated heterocycles. The molecule has 0 bridgehead atoms. The summed E-state index contributed by atoms with van der Waals surface area (Å²) in [5.74, 6) is 0.212. The zero-order valence-corrected chi connectivity index (χ0v) is 8.54. The summed E-state index contributed by atoms with van der Waals surface area (Å²) in [7, 11) is 0. The summed E-state index contributed by atoms with van der Waals surface area (Å²) in [6.07, 6.45) is 0. The molecule has 1 atom stereocenters. The second kappa shape index (κ2) is 4.41. The molecule has 0 heterocycles. The predicted molar refractivity (Wildman–Crippen MR) is 53.7 cm³/mol. The van der Waals surface area contributed by atoms with E-state index in [0.29, 0.717) is 5.33 Å². The molecule has 1 aromatic carbocycles. The Morgan fingerprint density at radius 2 is 2.00 bits per heavy atom. The molecular weight excluding hydrogens is 216 g/mol. The average Bonchev–Trinajstić information content (AvgIpc) is 2.07. The van der Waals surface area contributed by atoms with E-state index in [1.54, 1.807) is 6.92 Å². The van der Waals surface area contributed by atoms with Crippen molar-refractivity contribution in [1.82, 2.24) is 0 Å². The van der Waals surface area contributed by atoms with E-state index in [1.807, 2.05) is 30.3 Å². The predicted octanol–water partition coefficient (Wildman–Crippen LogP) is 2.75. The third-order valence-corrected chi connectivity index (χ3v) is 2.49. The Labute approximate surface area is 80.9 Å². The monoisotopic (exact) mass is 226 g/mol. The maximum Gasteiger partial charge on any atom is 0.138 e. The summed E-state index contributed by atoms with van der Waals surface area (Å²) in [4.78, 5) is 11.1. The van der Waals surface area contributed by atoms with Crippen molar-refractivity contribution in [1.29, 1.82) is 0 Å². The SMILES string of the molecule is CC(=O)C(CBr)c1ccccc1. The average molecular weight is 227 g/mol. The van der Waals surface area contributed by atoms with Gasteiger partial charge in [0.1, 0.15) is 5.78 Å². The van der Waals surface area contributed by atoms with Crippen molar-refractivity contribution in [3.63, 3.8) is 0 Å². The van der Waals surface area contributed by atoms with Gasteiger partial charge in [0, 0.05) is 5.33 Å². The molecule has 1 rings (SSSR count). The lowest BCUT2D eigenvalue weighted by molar-refractivity contribution is -0.117. The molecule has 0 saturated carbocycles. The first-order valence-electron chi connectivity index (χ1n) is 3.87. The number of rotatable bonds is 3. The van der Waals surface area contributed by atoms with E-state index in [9.17, 15) is 4.79 Å². The van der Waals surface area contributed by atoms with Crippen molar-refractivity contribution in [2.75, 3.05) is 5.33 Å². The second-order valence-electron chi connectivity index (χ2n) is 2.73. The van der Waals surface area contributed by atoms with Crippen LogP contribution in [0, 0.1) is 0 Å². The van der Waals surface area contributed by atoms with Gasteiger partial charge < -0.3 is 0 Å². The Bertz CT molecular complexity index is 256. The van der Waals surface area contributed by atoms with Crippen LogP contribution in [0.1, 0.15) is 18.4 Å². The Kier molecular flexibility index (Phi) is 3.48. The first kappa shape index (κ1) is 9.46. The molecule has 0 aliphatic heterocycles. The van der Waals surface area contributed by atoms with E-state index >= 15 is 0 Å². The number of carbonyl (C=O) groups is 1. The molecule has 0 fully saturated rings. The molecular formula is C10H11BrO. The number of ketones is 1. The number of Topliss-reactive ketones (excluding diaryl/α,β-unsaturated/α-hetero) is 1. The highest BCUT2D eigenvalue weighted by Gasteiger charge is 2.13. The maximum absolute atomic E-state index is 11.1. The Balaban J connectivity index is 2.88. The number of alkyl halides is 1.